The zero-order valence-electron chi connectivity index (χ0n) is 16.6. The standard InChI is InChI=1S/C23H21IN2O4S/c1-15(12-24)20(23(28)30-13-16-8-4-2-5-9-16)26-21(27)19-22(26)31-18(25-19)14-29-17-10-6-3-7-11-17/h2-11,19-20,22H,1,12-14H2. The second kappa shape index (κ2) is 9.86. The van der Waals surface area contributed by atoms with Crippen molar-refractivity contribution in [2.75, 3.05) is 11.0 Å². The Labute approximate surface area is 198 Å². The maximum absolute atomic E-state index is 12.9. The van der Waals surface area contributed by atoms with Crippen molar-refractivity contribution in [3.8, 4) is 5.75 Å². The van der Waals surface area contributed by atoms with E-state index < -0.39 is 18.1 Å². The first-order valence-corrected chi connectivity index (χ1v) is 12.2. The molecule has 1 fully saturated rings. The van der Waals surface area contributed by atoms with E-state index in [0.29, 0.717) is 16.6 Å². The first kappa shape index (κ1) is 21.9. The van der Waals surface area contributed by atoms with Gasteiger partial charge in [0.05, 0.1) is 0 Å². The first-order valence-electron chi connectivity index (χ1n) is 9.76. The lowest BCUT2D eigenvalue weighted by Crippen LogP contribution is -2.66. The van der Waals surface area contributed by atoms with Crippen LogP contribution in [-0.2, 0) is 20.9 Å². The molecule has 0 spiro atoms. The average Bonchev–Trinajstić information content (AvgIpc) is 3.19. The van der Waals surface area contributed by atoms with Gasteiger partial charge in [-0.25, -0.2) is 4.79 Å². The molecular formula is C23H21IN2O4S. The predicted octanol–water partition coefficient (Wildman–Crippen LogP) is 3.85. The number of rotatable bonds is 9. The van der Waals surface area contributed by atoms with E-state index in [0.717, 1.165) is 16.4 Å². The molecule has 6 nitrogen and oxygen atoms in total. The summed E-state index contributed by atoms with van der Waals surface area (Å²) in [6, 6.07) is 17.6. The molecule has 2 aliphatic rings. The maximum atomic E-state index is 12.9. The fourth-order valence-electron chi connectivity index (χ4n) is 3.40. The van der Waals surface area contributed by atoms with Crippen molar-refractivity contribution in [3.05, 3.63) is 78.4 Å². The first-order chi connectivity index (χ1) is 15.1. The van der Waals surface area contributed by atoms with E-state index in [9.17, 15) is 9.59 Å². The molecule has 31 heavy (non-hydrogen) atoms. The molecule has 0 aromatic heterocycles. The minimum atomic E-state index is -0.813. The topological polar surface area (TPSA) is 68.2 Å². The van der Waals surface area contributed by atoms with Crippen LogP contribution in [0.15, 0.2) is 77.8 Å². The number of nitrogens with zero attached hydrogens (tertiary/aromatic N) is 2. The third-order valence-corrected chi connectivity index (χ3v) is 7.18. The summed E-state index contributed by atoms with van der Waals surface area (Å²) in [6.45, 7) is 4.47. The molecule has 160 valence electrons. The summed E-state index contributed by atoms with van der Waals surface area (Å²) in [5.41, 5.74) is 1.53. The van der Waals surface area contributed by atoms with Crippen LogP contribution in [-0.4, -0.2) is 50.3 Å². The van der Waals surface area contributed by atoms with Crippen LogP contribution >= 0.6 is 34.4 Å². The van der Waals surface area contributed by atoms with Gasteiger partial charge < -0.3 is 14.4 Å². The highest BCUT2D eigenvalue weighted by Gasteiger charge is 2.56. The van der Waals surface area contributed by atoms with Crippen molar-refractivity contribution in [3.63, 3.8) is 0 Å². The van der Waals surface area contributed by atoms with E-state index in [4.69, 9.17) is 9.47 Å². The third-order valence-electron chi connectivity index (χ3n) is 4.98. The number of alkyl halides is 1. The SMILES string of the molecule is C=C(CI)C(C(=O)OCc1ccccc1)N1C(=O)C2N=C(COc3ccccc3)SC21. The van der Waals surface area contributed by atoms with Crippen LogP contribution in [0.2, 0.25) is 0 Å². The number of carbonyl (C=O) groups is 2. The normalized spacial score (nSPS) is 20.4. The summed E-state index contributed by atoms with van der Waals surface area (Å²) < 4.78 is 11.8. The second-order valence-corrected chi connectivity index (χ2v) is 9.06. The molecule has 0 saturated carbocycles. The third kappa shape index (κ3) is 4.79. The van der Waals surface area contributed by atoms with Gasteiger partial charge in [0.15, 0.2) is 12.1 Å². The highest BCUT2D eigenvalue weighted by Crippen LogP contribution is 2.41. The van der Waals surface area contributed by atoms with Gasteiger partial charge >= 0.3 is 5.97 Å². The number of benzene rings is 2. The number of hydrogen-bond donors (Lipinski definition) is 0. The lowest BCUT2D eigenvalue weighted by atomic mass is 10.00. The van der Waals surface area contributed by atoms with Crippen molar-refractivity contribution < 1.29 is 19.1 Å². The Hall–Kier alpha value is -2.33. The second-order valence-electron chi connectivity index (χ2n) is 7.11. The van der Waals surface area contributed by atoms with E-state index in [2.05, 4.69) is 34.2 Å². The monoisotopic (exact) mass is 548 g/mol. The quantitative estimate of drug-likeness (QED) is 0.157. The molecule has 1 amide bonds. The molecule has 8 heteroatoms. The van der Waals surface area contributed by atoms with Gasteiger partial charge in [-0.1, -0.05) is 89.5 Å². The van der Waals surface area contributed by atoms with Gasteiger partial charge in [-0.15, -0.1) is 0 Å². The summed E-state index contributed by atoms with van der Waals surface area (Å²) in [6.07, 6.45) is 0. The Balaban J connectivity index is 1.40. The van der Waals surface area contributed by atoms with Crippen LogP contribution in [0.4, 0.5) is 0 Å². The van der Waals surface area contributed by atoms with Gasteiger partial charge in [0.25, 0.3) is 5.91 Å². The van der Waals surface area contributed by atoms with E-state index in [-0.39, 0.29) is 17.9 Å². The number of ether oxygens (including phenoxy) is 2. The number of likely N-dealkylation sites (tertiary alicyclic amines) is 1. The zero-order valence-corrected chi connectivity index (χ0v) is 19.6. The molecule has 0 aliphatic carbocycles. The number of β-lactam (4-membered cyclic amide) rings is 1. The van der Waals surface area contributed by atoms with Gasteiger partial charge in [-0.2, -0.15) is 0 Å². The highest BCUT2D eigenvalue weighted by molar-refractivity contribution is 14.1. The summed E-state index contributed by atoms with van der Waals surface area (Å²) in [5.74, 6) is 0.0978. The fraction of sp³-hybridized carbons (Fsp3) is 0.261. The number of halogens is 1. The Morgan fingerprint density at radius 1 is 1.13 bits per heavy atom. The van der Waals surface area contributed by atoms with Crippen LogP contribution in [0, 0.1) is 0 Å². The van der Waals surface area contributed by atoms with Gasteiger partial charge in [0.1, 0.15) is 29.4 Å². The largest absolute Gasteiger partial charge is 0.487 e. The Kier molecular flexibility index (Phi) is 6.96. The number of fused-ring (bicyclic) bond motifs is 1. The maximum Gasteiger partial charge on any atom is 0.333 e. The Bertz CT molecular complexity index is 999. The van der Waals surface area contributed by atoms with Crippen molar-refractivity contribution in [1.29, 1.82) is 0 Å². The van der Waals surface area contributed by atoms with Crippen molar-refractivity contribution in [2.24, 2.45) is 4.99 Å². The van der Waals surface area contributed by atoms with Crippen LogP contribution in [0.1, 0.15) is 5.56 Å². The number of carbonyl (C=O) groups excluding carboxylic acids is 2. The van der Waals surface area contributed by atoms with Gasteiger partial charge in [0, 0.05) is 4.43 Å². The smallest absolute Gasteiger partial charge is 0.333 e. The number of aliphatic imine (C=N–C) groups is 1. The van der Waals surface area contributed by atoms with E-state index in [1.165, 1.54) is 11.8 Å². The molecule has 2 aromatic carbocycles. The van der Waals surface area contributed by atoms with Gasteiger partial charge in [-0.05, 0) is 23.3 Å². The lowest BCUT2D eigenvalue weighted by Gasteiger charge is -2.45. The van der Waals surface area contributed by atoms with Crippen LogP contribution in [0.5, 0.6) is 5.75 Å². The molecule has 0 radical (unpaired) electrons. The van der Waals surface area contributed by atoms with Crippen molar-refractivity contribution in [1.82, 2.24) is 4.90 Å². The Morgan fingerprint density at radius 3 is 2.48 bits per heavy atom. The summed E-state index contributed by atoms with van der Waals surface area (Å²) >= 11 is 3.60. The van der Waals surface area contributed by atoms with Gasteiger partial charge in [0.2, 0.25) is 0 Å². The van der Waals surface area contributed by atoms with Crippen molar-refractivity contribution >= 4 is 51.3 Å². The van der Waals surface area contributed by atoms with Crippen molar-refractivity contribution in [2.45, 2.75) is 24.1 Å². The van der Waals surface area contributed by atoms with Crippen LogP contribution in [0.3, 0.4) is 0 Å². The summed E-state index contributed by atoms with van der Waals surface area (Å²) in [5, 5.41) is 0.502. The average molecular weight is 548 g/mol. The molecule has 4 rings (SSSR count). The molecule has 1 saturated heterocycles. The zero-order chi connectivity index (χ0) is 21.8. The molecular weight excluding hydrogens is 527 g/mol. The van der Waals surface area contributed by atoms with Crippen LogP contribution in [0.25, 0.3) is 0 Å². The fourth-order valence-corrected chi connectivity index (χ4v) is 5.04. The summed E-state index contributed by atoms with van der Waals surface area (Å²) in [7, 11) is 0. The number of esters is 1. The van der Waals surface area contributed by atoms with E-state index >= 15 is 0 Å². The molecule has 2 aromatic rings. The van der Waals surface area contributed by atoms with E-state index in [1.54, 1.807) is 4.90 Å². The molecule has 3 unspecified atom stereocenters. The number of para-hydroxylation sites is 1. The predicted molar refractivity (Wildman–Crippen MR) is 129 cm³/mol. The summed E-state index contributed by atoms with van der Waals surface area (Å²) in [4.78, 5) is 31.8. The molecule has 3 atom stereocenters. The number of thioether (sulfide) groups is 1. The van der Waals surface area contributed by atoms with E-state index in [1.807, 2.05) is 60.7 Å². The minimum absolute atomic E-state index is 0.153. The minimum Gasteiger partial charge on any atom is -0.487 e. The lowest BCUT2D eigenvalue weighted by molar-refractivity contribution is -0.161. The highest BCUT2D eigenvalue weighted by atomic mass is 127. The Morgan fingerprint density at radius 2 is 1.81 bits per heavy atom. The number of hydrogen-bond acceptors (Lipinski definition) is 6. The van der Waals surface area contributed by atoms with Crippen LogP contribution < -0.4 is 4.74 Å². The molecule has 0 bridgehead atoms. The number of amides is 1. The molecule has 2 aliphatic heterocycles. The molecule has 0 N–H and O–H groups in total. The van der Waals surface area contributed by atoms with Gasteiger partial charge in [-0.3, -0.25) is 9.79 Å². The molecule has 2 heterocycles.